The number of ether oxygens (including phenoxy) is 2. The van der Waals surface area contributed by atoms with Gasteiger partial charge in [0.15, 0.2) is 0 Å². The summed E-state index contributed by atoms with van der Waals surface area (Å²) < 4.78 is 48.7. The Kier molecular flexibility index (Phi) is 30.8. The molecule has 6 atom stereocenters. The molecule has 6 unspecified atom stereocenters. The molecule has 2 N–H and O–H groups in total. The van der Waals surface area contributed by atoms with Crippen molar-refractivity contribution in [3.63, 3.8) is 0 Å². The molecule has 8 nitrogen and oxygen atoms in total. The lowest BCUT2D eigenvalue weighted by Gasteiger charge is -2.54. The molecule has 0 heterocycles. The topological polar surface area (TPSA) is 112 Å². The lowest BCUT2D eigenvalue weighted by atomic mass is 9.49. The third kappa shape index (κ3) is 23.6. The van der Waals surface area contributed by atoms with E-state index in [4.69, 9.17) is 18.5 Å². The van der Waals surface area contributed by atoms with Crippen molar-refractivity contribution in [2.24, 2.45) is 0 Å². The normalized spacial score (nSPS) is 18.0. The summed E-state index contributed by atoms with van der Waals surface area (Å²) in [5.41, 5.74) is 6.25. The van der Waals surface area contributed by atoms with E-state index in [1.807, 2.05) is 24.3 Å². The molecular formula is C66H102O8P2. The summed E-state index contributed by atoms with van der Waals surface area (Å²) in [4.78, 5) is 21.0. The monoisotopic (exact) mass is 1080 g/mol. The predicted octanol–water partition coefficient (Wildman–Crippen LogP) is 20.3. The third-order valence-corrected chi connectivity index (χ3v) is 18.6. The minimum Gasteiger partial charge on any atom is -0.494 e. The van der Waals surface area contributed by atoms with Gasteiger partial charge in [0.25, 0.3) is 0 Å². The summed E-state index contributed by atoms with van der Waals surface area (Å²) in [5.74, 6) is 2.09. The van der Waals surface area contributed by atoms with Gasteiger partial charge in [-0.05, 0) is 108 Å². The lowest BCUT2D eigenvalue weighted by molar-refractivity contribution is 0.228. The maximum Gasteiger partial charge on any atom is 0.332 e. The van der Waals surface area contributed by atoms with Gasteiger partial charge in [-0.15, -0.1) is 0 Å². The first kappa shape index (κ1) is 63.6. The molecule has 4 aromatic carbocycles. The summed E-state index contributed by atoms with van der Waals surface area (Å²) in [5, 5.41) is 0. The predicted molar refractivity (Wildman–Crippen MR) is 319 cm³/mol. The van der Waals surface area contributed by atoms with Crippen LogP contribution in [0.25, 0.3) is 0 Å². The van der Waals surface area contributed by atoms with Crippen LogP contribution in [0.1, 0.15) is 265 Å². The quantitative estimate of drug-likeness (QED) is 0.0333. The highest BCUT2D eigenvalue weighted by Gasteiger charge is 2.52. The second-order valence-corrected chi connectivity index (χ2v) is 25.7. The average molecular weight is 1090 g/mol. The molecule has 0 radical (unpaired) electrons. The first-order valence-electron chi connectivity index (χ1n) is 30.6. The molecule has 0 aliphatic heterocycles. The summed E-state index contributed by atoms with van der Waals surface area (Å²) in [6.07, 6.45) is 37.2. The van der Waals surface area contributed by atoms with E-state index in [0.717, 1.165) is 46.6 Å². The molecule has 0 bridgehead atoms. The van der Waals surface area contributed by atoms with Crippen molar-refractivity contribution in [3.05, 3.63) is 130 Å². The van der Waals surface area contributed by atoms with E-state index >= 15 is 0 Å². The van der Waals surface area contributed by atoms with Crippen molar-refractivity contribution < 1.29 is 37.4 Å². The zero-order chi connectivity index (χ0) is 54.1. The first-order chi connectivity index (χ1) is 37.1. The van der Waals surface area contributed by atoms with Gasteiger partial charge >= 0.3 is 15.2 Å². The zero-order valence-electron chi connectivity index (χ0n) is 47.8. The molecule has 0 saturated heterocycles. The van der Waals surface area contributed by atoms with Crippen molar-refractivity contribution in [2.45, 2.75) is 243 Å². The Hall–Kier alpha value is -3.22. The molecule has 424 valence electrons. The number of benzene rings is 4. The molecule has 1 aliphatic rings. The Bertz CT molecular complexity index is 2040. The van der Waals surface area contributed by atoms with Crippen LogP contribution in [0.4, 0.5) is 0 Å². The van der Waals surface area contributed by atoms with E-state index in [0.29, 0.717) is 13.2 Å². The van der Waals surface area contributed by atoms with Crippen LogP contribution < -0.4 is 9.47 Å². The number of rotatable bonds is 44. The first-order valence-corrected chi connectivity index (χ1v) is 34.2. The van der Waals surface area contributed by atoms with Gasteiger partial charge in [0, 0.05) is 0 Å². The Balaban J connectivity index is 1.25. The van der Waals surface area contributed by atoms with Gasteiger partial charge in [-0.2, -0.15) is 0 Å². The lowest BCUT2D eigenvalue weighted by Crippen LogP contribution is -2.40. The second kappa shape index (κ2) is 36.9. The Morgan fingerprint density at radius 2 is 0.553 bits per heavy atom. The fraction of sp³-hybridized carbons (Fsp3) is 0.636. The molecule has 76 heavy (non-hydrogen) atoms. The van der Waals surface area contributed by atoms with Crippen LogP contribution in [-0.4, -0.2) is 36.2 Å². The molecule has 1 fully saturated rings. The van der Waals surface area contributed by atoms with Gasteiger partial charge in [-0.3, -0.25) is 9.13 Å². The SMILES string of the molecule is CCCCCCCCCCCCCCCCOc1ccc(C2C(c3ccc(CP(=O)(O)OCC)cc3)C(c3ccc(CP(=O)(O)OCC)cc3)C2c2ccc(OCCCCCCCCCCCCCCCC)cc2)cc1. The standard InChI is InChI=1S/C66H102O8P2/c1-5-9-11-13-15-17-19-21-23-25-27-29-31-33-51-71-61-47-43-59(44-48-61)65-63(57-39-35-55(36-40-57)53-75(67,68)73-7-3)64(58-41-37-56(38-42-58)54-76(69,70)74-8-4)66(65)60-45-49-62(50-46-60)72-52-34-32-30-28-26-24-22-20-18-16-14-12-10-6-2/h35-50,63-66H,5-34,51-54H2,1-4H3,(H,67,68)(H,69,70). The van der Waals surface area contributed by atoms with Crippen LogP contribution in [0.2, 0.25) is 0 Å². The maximum atomic E-state index is 12.8. The van der Waals surface area contributed by atoms with Crippen LogP contribution in [0.5, 0.6) is 11.5 Å². The Labute approximate surface area is 462 Å². The summed E-state index contributed by atoms with van der Waals surface area (Å²) >= 11 is 0. The van der Waals surface area contributed by atoms with Gasteiger partial charge in [0.05, 0.1) is 38.8 Å². The van der Waals surface area contributed by atoms with Gasteiger partial charge in [-0.1, -0.05) is 254 Å². The van der Waals surface area contributed by atoms with Crippen molar-refractivity contribution in [1.82, 2.24) is 0 Å². The highest BCUT2D eigenvalue weighted by Crippen LogP contribution is 2.67. The van der Waals surface area contributed by atoms with Crippen molar-refractivity contribution >= 4 is 15.2 Å². The largest absolute Gasteiger partial charge is 0.494 e. The van der Waals surface area contributed by atoms with Crippen molar-refractivity contribution in [3.8, 4) is 11.5 Å². The maximum absolute atomic E-state index is 12.8. The number of hydrogen-bond donors (Lipinski definition) is 2. The van der Waals surface area contributed by atoms with Gasteiger partial charge < -0.3 is 28.3 Å². The smallest absolute Gasteiger partial charge is 0.332 e. The highest BCUT2D eigenvalue weighted by atomic mass is 31.2. The van der Waals surface area contributed by atoms with Crippen LogP contribution in [0, 0.1) is 0 Å². The molecule has 10 heteroatoms. The zero-order valence-corrected chi connectivity index (χ0v) is 49.6. The molecule has 0 aromatic heterocycles. The molecule has 5 rings (SSSR count). The molecule has 0 amide bonds. The molecule has 4 aromatic rings. The summed E-state index contributed by atoms with van der Waals surface area (Å²) in [6.45, 7) is 9.81. The van der Waals surface area contributed by atoms with E-state index in [1.54, 1.807) is 13.8 Å². The van der Waals surface area contributed by atoms with E-state index in [-0.39, 0.29) is 49.2 Å². The Morgan fingerprint density at radius 1 is 0.329 bits per heavy atom. The van der Waals surface area contributed by atoms with Gasteiger partial charge in [-0.25, -0.2) is 0 Å². The van der Waals surface area contributed by atoms with E-state index in [9.17, 15) is 18.9 Å². The van der Waals surface area contributed by atoms with E-state index in [2.05, 4.69) is 86.6 Å². The second-order valence-electron chi connectivity index (χ2n) is 22.0. The fourth-order valence-electron chi connectivity index (χ4n) is 11.6. The van der Waals surface area contributed by atoms with Crippen LogP contribution in [-0.2, 0) is 30.5 Å². The number of hydrogen-bond acceptors (Lipinski definition) is 6. The third-order valence-electron chi connectivity index (χ3n) is 15.8. The molecule has 1 saturated carbocycles. The minimum absolute atomic E-state index is 0.0478. The van der Waals surface area contributed by atoms with E-state index < -0.39 is 15.2 Å². The van der Waals surface area contributed by atoms with Crippen molar-refractivity contribution in [2.75, 3.05) is 26.4 Å². The van der Waals surface area contributed by atoms with Crippen LogP contribution in [0.15, 0.2) is 97.1 Å². The Morgan fingerprint density at radius 3 is 0.789 bits per heavy atom. The van der Waals surface area contributed by atoms with Crippen molar-refractivity contribution in [1.29, 1.82) is 0 Å². The van der Waals surface area contributed by atoms with Crippen LogP contribution >= 0.6 is 15.2 Å². The molecule has 0 spiro atoms. The van der Waals surface area contributed by atoms with Crippen LogP contribution in [0.3, 0.4) is 0 Å². The van der Waals surface area contributed by atoms with E-state index in [1.165, 1.54) is 178 Å². The highest BCUT2D eigenvalue weighted by molar-refractivity contribution is 7.52. The molecular weight excluding hydrogens is 983 g/mol. The minimum atomic E-state index is -3.77. The fourth-order valence-corrected chi connectivity index (χ4v) is 13.9. The number of unbranched alkanes of at least 4 members (excludes halogenated alkanes) is 26. The summed E-state index contributed by atoms with van der Waals surface area (Å²) in [7, 11) is -7.53. The molecule has 1 aliphatic carbocycles. The van der Waals surface area contributed by atoms with Gasteiger partial charge in [0.1, 0.15) is 11.5 Å². The average Bonchev–Trinajstić information content (AvgIpc) is 3.51. The van der Waals surface area contributed by atoms with Gasteiger partial charge in [0.2, 0.25) is 0 Å². The summed E-state index contributed by atoms with van der Waals surface area (Å²) in [6, 6.07) is 33.8.